The number of hydrogen-bond donors (Lipinski definition) is 0. The molecule has 1 aromatic carbocycles. The molecule has 0 unspecified atom stereocenters. The van der Waals surface area contributed by atoms with Crippen molar-refractivity contribution in [3.05, 3.63) is 29.3 Å². The standard InChI is InChI=1S/C10H9NO3S/c1-2-15(13,14)10-5-8(6-11)3-4-9(10)7-12/h3-5,7H,2H2,1H3. The van der Waals surface area contributed by atoms with Crippen molar-refractivity contribution in [1.82, 2.24) is 0 Å². The molecule has 1 rings (SSSR count). The molecule has 1 aromatic rings. The van der Waals surface area contributed by atoms with Crippen LogP contribution in [0.5, 0.6) is 0 Å². The van der Waals surface area contributed by atoms with Gasteiger partial charge in [0.15, 0.2) is 16.1 Å². The molecular formula is C10H9NO3S. The van der Waals surface area contributed by atoms with Crippen LogP contribution < -0.4 is 0 Å². The van der Waals surface area contributed by atoms with Crippen LogP contribution in [0.3, 0.4) is 0 Å². The first-order valence-corrected chi connectivity index (χ1v) is 5.92. The molecule has 0 aliphatic heterocycles. The van der Waals surface area contributed by atoms with Gasteiger partial charge in [-0.05, 0) is 18.2 Å². The van der Waals surface area contributed by atoms with E-state index in [0.29, 0.717) is 6.29 Å². The Morgan fingerprint density at radius 2 is 2.13 bits per heavy atom. The Kier molecular flexibility index (Phi) is 3.22. The third-order valence-electron chi connectivity index (χ3n) is 1.98. The number of aldehydes is 1. The maximum Gasteiger partial charge on any atom is 0.178 e. The van der Waals surface area contributed by atoms with E-state index in [-0.39, 0.29) is 21.8 Å². The van der Waals surface area contributed by atoms with Crippen molar-refractivity contribution < 1.29 is 13.2 Å². The third-order valence-corrected chi connectivity index (χ3v) is 3.77. The molecular weight excluding hydrogens is 214 g/mol. The van der Waals surface area contributed by atoms with E-state index in [2.05, 4.69) is 0 Å². The highest BCUT2D eigenvalue weighted by atomic mass is 32.2. The lowest BCUT2D eigenvalue weighted by Crippen LogP contribution is -2.07. The third kappa shape index (κ3) is 2.22. The Morgan fingerprint density at radius 3 is 2.60 bits per heavy atom. The van der Waals surface area contributed by atoms with Gasteiger partial charge in [0, 0.05) is 5.56 Å². The summed E-state index contributed by atoms with van der Waals surface area (Å²) in [6.07, 6.45) is 0.476. The summed E-state index contributed by atoms with van der Waals surface area (Å²) in [5.41, 5.74) is 0.323. The van der Waals surface area contributed by atoms with Crippen molar-refractivity contribution in [2.24, 2.45) is 0 Å². The Hall–Kier alpha value is -1.67. The van der Waals surface area contributed by atoms with E-state index in [4.69, 9.17) is 5.26 Å². The topological polar surface area (TPSA) is 75.0 Å². The molecule has 0 radical (unpaired) electrons. The largest absolute Gasteiger partial charge is 0.298 e. The molecule has 0 fully saturated rings. The van der Waals surface area contributed by atoms with Gasteiger partial charge >= 0.3 is 0 Å². The monoisotopic (exact) mass is 223 g/mol. The summed E-state index contributed by atoms with van der Waals surface area (Å²) in [5, 5.41) is 8.63. The number of carbonyl (C=O) groups is 1. The number of nitriles is 1. The molecule has 0 bridgehead atoms. The summed E-state index contributed by atoms with van der Waals surface area (Å²) in [7, 11) is -3.46. The molecule has 4 nitrogen and oxygen atoms in total. The van der Waals surface area contributed by atoms with Crippen LogP contribution in [0.1, 0.15) is 22.8 Å². The fourth-order valence-corrected chi connectivity index (χ4v) is 2.22. The zero-order valence-corrected chi connectivity index (χ0v) is 8.91. The van der Waals surface area contributed by atoms with Gasteiger partial charge in [-0.25, -0.2) is 8.42 Å². The summed E-state index contributed by atoms with van der Waals surface area (Å²) in [5.74, 6) is -0.0945. The maximum atomic E-state index is 11.6. The average molecular weight is 223 g/mol. The van der Waals surface area contributed by atoms with E-state index >= 15 is 0 Å². The van der Waals surface area contributed by atoms with Crippen LogP contribution in [0.4, 0.5) is 0 Å². The first kappa shape index (κ1) is 11.4. The summed E-state index contributed by atoms with van der Waals surface area (Å²) >= 11 is 0. The van der Waals surface area contributed by atoms with Crippen molar-refractivity contribution in [3.63, 3.8) is 0 Å². The SMILES string of the molecule is CCS(=O)(=O)c1cc(C#N)ccc1C=O. The number of rotatable bonds is 3. The van der Waals surface area contributed by atoms with Crippen molar-refractivity contribution in [1.29, 1.82) is 5.26 Å². The Labute approximate surface area is 88.1 Å². The summed E-state index contributed by atoms with van der Waals surface area (Å²) in [6, 6.07) is 5.82. The van der Waals surface area contributed by atoms with Gasteiger partial charge in [0.2, 0.25) is 0 Å². The molecule has 0 spiro atoms. The van der Waals surface area contributed by atoms with E-state index < -0.39 is 9.84 Å². The maximum absolute atomic E-state index is 11.6. The quantitative estimate of drug-likeness (QED) is 0.721. The predicted molar refractivity (Wildman–Crippen MR) is 54.3 cm³/mol. The molecule has 0 atom stereocenters. The fraction of sp³-hybridized carbons (Fsp3) is 0.200. The lowest BCUT2D eigenvalue weighted by Gasteiger charge is -2.04. The van der Waals surface area contributed by atoms with Gasteiger partial charge in [-0.2, -0.15) is 5.26 Å². The summed E-state index contributed by atoms with van der Waals surface area (Å²) < 4.78 is 23.2. The highest BCUT2D eigenvalue weighted by Gasteiger charge is 2.16. The van der Waals surface area contributed by atoms with Crippen LogP contribution in [-0.4, -0.2) is 20.5 Å². The van der Waals surface area contributed by atoms with Crippen LogP contribution in [0.2, 0.25) is 0 Å². The normalized spacial score (nSPS) is 10.7. The fourth-order valence-electron chi connectivity index (χ4n) is 1.13. The van der Waals surface area contributed by atoms with Crippen molar-refractivity contribution in [2.45, 2.75) is 11.8 Å². The Morgan fingerprint density at radius 1 is 1.47 bits per heavy atom. The zero-order chi connectivity index (χ0) is 11.5. The Balaban J connectivity index is 3.52. The number of nitrogens with zero attached hydrogens (tertiary/aromatic N) is 1. The molecule has 0 aromatic heterocycles. The molecule has 0 heterocycles. The number of benzene rings is 1. The predicted octanol–water partition coefficient (Wildman–Crippen LogP) is 1.16. The first-order chi connectivity index (χ1) is 7.05. The highest BCUT2D eigenvalue weighted by molar-refractivity contribution is 7.91. The van der Waals surface area contributed by atoms with E-state index in [0.717, 1.165) is 0 Å². The van der Waals surface area contributed by atoms with Gasteiger partial charge in [-0.1, -0.05) is 6.92 Å². The van der Waals surface area contributed by atoms with Crippen LogP contribution in [0.15, 0.2) is 23.1 Å². The molecule has 0 saturated carbocycles. The van der Waals surface area contributed by atoms with Gasteiger partial charge in [0.05, 0.1) is 22.3 Å². The van der Waals surface area contributed by atoms with Crippen LogP contribution in [0, 0.1) is 11.3 Å². The molecule has 15 heavy (non-hydrogen) atoms. The molecule has 5 heteroatoms. The summed E-state index contributed by atoms with van der Waals surface area (Å²) in [6.45, 7) is 1.49. The lowest BCUT2D eigenvalue weighted by molar-refractivity contribution is 0.112. The van der Waals surface area contributed by atoms with Crippen molar-refractivity contribution in [2.75, 3.05) is 5.75 Å². The van der Waals surface area contributed by atoms with Gasteiger partial charge in [0.25, 0.3) is 0 Å². The second-order valence-electron chi connectivity index (χ2n) is 2.89. The van der Waals surface area contributed by atoms with Crippen LogP contribution in [0.25, 0.3) is 0 Å². The van der Waals surface area contributed by atoms with Gasteiger partial charge in [0.1, 0.15) is 0 Å². The average Bonchev–Trinajstić information content (AvgIpc) is 2.28. The minimum Gasteiger partial charge on any atom is -0.298 e. The minimum absolute atomic E-state index is 0.0703. The van der Waals surface area contributed by atoms with E-state index in [1.807, 2.05) is 6.07 Å². The second-order valence-corrected chi connectivity index (χ2v) is 5.13. The molecule has 0 aliphatic rings. The van der Waals surface area contributed by atoms with Crippen molar-refractivity contribution in [3.8, 4) is 6.07 Å². The molecule has 0 amide bonds. The molecule has 0 N–H and O–H groups in total. The van der Waals surface area contributed by atoms with E-state index in [9.17, 15) is 13.2 Å². The second kappa shape index (κ2) is 4.24. The molecule has 0 saturated heterocycles. The molecule has 78 valence electrons. The van der Waals surface area contributed by atoms with Crippen LogP contribution in [-0.2, 0) is 9.84 Å². The Bertz CT molecular complexity index is 526. The van der Waals surface area contributed by atoms with Gasteiger partial charge < -0.3 is 0 Å². The first-order valence-electron chi connectivity index (χ1n) is 4.27. The van der Waals surface area contributed by atoms with Gasteiger partial charge in [-0.15, -0.1) is 0 Å². The minimum atomic E-state index is -3.46. The smallest absolute Gasteiger partial charge is 0.178 e. The van der Waals surface area contributed by atoms with E-state index in [1.165, 1.54) is 25.1 Å². The zero-order valence-electron chi connectivity index (χ0n) is 8.10. The number of sulfone groups is 1. The van der Waals surface area contributed by atoms with Crippen LogP contribution >= 0.6 is 0 Å². The highest BCUT2D eigenvalue weighted by Crippen LogP contribution is 2.17. The summed E-state index contributed by atoms with van der Waals surface area (Å²) in [4.78, 5) is 10.6. The van der Waals surface area contributed by atoms with Crippen molar-refractivity contribution >= 4 is 16.1 Å². The number of carbonyl (C=O) groups excluding carboxylic acids is 1. The lowest BCUT2D eigenvalue weighted by atomic mass is 10.2. The number of hydrogen-bond acceptors (Lipinski definition) is 4. The van der Waals surface area contributed by atoms with E-state index in [1.54, 1.807) is 0 Å². The molecule has 0 aliphatic carbocycles. The van der Waals surface area contributed by atoms with Gasteiger partial charge in [-0.3, -0.25) is 4.79 Å².